The van der Waals surface area contributed by atoms with Crippen LogP contribution in [0.5, 0.6) is 5.75 Å². The highest BCUT2D eigenvalue weighted by molar-refractivity contribution is 9.10. The van der Waals surface area contributed by atoms with Gasteiger partial charge in [0.05, 0.1) is 11.1 Å². The molecule has 21 heavy (non-hydrogen) atoms. The number of nitrogen functional groups attached to an aromatic ring is 1. The van der Waals surface area contributed by atoms with E-state index in [-0.39, 0.29) is 0 Å². The van der Waals surface area contributed by atoms with E-state index in [9.17, 15) is 0 Å². The van der Waals surface area contributed by atoms with Gasteiger partial charge in [-0.05, 0) is 33.6 Å². The van der Waals surface area contributed by atoms with Crippen LogP contribution in [0, 0.1) is 0 Å². The first-order valence-corrected chi connectivity index (χ1v) is 7.93. The van der Waals surface area contributed by atoms with Crippen molar-refractivity contribution in [1.29, 1.82) is 0 Å². The Kier molecular flexibility index (Phi) is 4.27. The SMILES string of the molecule is NNc1ncc(Br)c(NCc2cc(Br)cc3c2OCC3)n1. The number of halogens is 2. The summed E-state index contributed by atoms with van der Waals surface area (Å²) in [7, 11) is 0. The minimum atomic E-state index is 0.358. The highest BCUT2D eigenvalue weighted by Gasteiger charge is 2.17. The average Bonchev–Trinajstić information content (AvgIpc) is 2.94. The van der Waals surface area contributed by atoms with E-state index in [2.05, 4.69) is 58.6 Å². The summed E-state index contributed by atoms with van der Waals surface area (Å²) in [6, 6.07) is 4.15. The Balaban J connectivity index is 1.82. The third-order valence-electron chi connectivity index (χ3n) is 3.14. The van der Waals surface area contributed by atoms with Crippen LogP contribution in [0.1, 0.15) is 11.1 Å². The minimum Gasteiger partial charge on any atom is -0.493 e. The van der Waals surface area contributed by atoms with E-state index in [1.54, 1.807) is 6.20 Å². The number of benzene rings is 1. The number of hydrogen-bond acceptors (Lipinski definition) is 6. The fourth-order valence-electron chi connectivity index (χ4n) is 2.22. The predicted molar refractivity (Wildman–Crippen MR) is 88.2 cm³/mol. The van der Waals surface area contributed by atoms with E-state index in [1.807, 2.05) is 6.07 Å². The van der Waals surface area contributed by atoms with Gasteiger partial charge in [0.15, 0.2) is 0 Å². The molecule has 6 nitrogen and oxygen atoms in total. The predicted octanol–water partition coefficient (Wildman–Crippen LogP) is 2.83. The van der Waals surface area contributed by atoms with Crippen molar-refractivity contribution < 1.29 is 4.74 Å². The second-order valence-corrected chi connectivity index (χ2v) is 6.31. The van der Waals surface area contributed by atoms with Crippen molar-refractivity contribution in [1.82, 2.24) is 9.97 Å². The molecule has 0 saturated carbocycles. The second kappa shape index (κ2) is 6.17. The van der Waals surface area contributed by atoms with Crippen molar-refractivity contribution in [3.63, 3.8) is 0 Å². The third-order valence-corrected chi connectivity index (χ3v) is 4.18. The van der Waals surface area contributed by atoms with E-state index in [0.717, 1.165) is 33.3 Å². The van der Waals surface area contributed by atoms with Crippen molar-refractivity contribution in [2.75, 3.05) is 17.3 Å². The second-order valence-electron chi connectivity index (χ2n) is 4.54. The summed E-state index contributed by atoms with van der Waals surface area (Å²) in [5.41, 5.74) is 4.74. The minimum absolute atomic E-state index is 0.358. The van der Waals surface area contributed by atoms with Crippen LogP contribution in [0.15, 0.2) is 27.3 Å². The summed E-state index contributed by atoms with van der Waals surface area (Å²) in [4.78, 5) is 8.28. The normalized spacial score (nSPS) is 12.7. The topological polar surface area (TPSA) is 85.1 Å². The van der Waals surface area contributed by atoms with Gasteiger partial charge in [0.25, 0.3) is 0 Å². The zero-order chi connectivity index (χ0) is 14.8. The van der Waals surface area contributed by atoms with Crippen LogP contribution in [0.3, 0.4) is 0 Å². The molecular weight excluding hydrogens is 402 g/mol. The fourth-order valence-corrected chi connectivity index (χ4v) is 3.10. The lowest BCUT2D eigenvalue weighted by atomic mass is 10.1. The van der Waals surface area contributed by atoms with E-state index >= 15 is 0 Å². The molecule has 2 heterocycles. The molecule has 0 fully saturated rings. The van der Waals surface area contributed by atoms with E-state index in [4.69, 9.17) is 10.6 Å². The first-order valence-electron chi connectivity index (χ1n) is 6.34. The standard InChI is InChI=1S/C13H13Br2N5O/c14-9-3-7-1-2-21-11(7)8(4-9)5-17-12-10(15)6-18-13(19-12)20-16/h3-4,6H,1-2,5,16H2,(H2,17,18,19,20). The summed E-state index contributed by atoms with van der Waals surface area (Å²) in [5, 5.41) is 3.27. The van der Waals surface area contributed by atoms with Gasteiger partial charge in [-0.2, -0.15) is 4.98 Å². The van der Waals surface area contributed by atoms with E-state index in [0.29, 0.717) is 18.3 Å². The molecule has 8 heteroatoms. The van der Waals surface area contributed by atoms with Gasteiger partial charge in [0.2, 0.25) is 5.95 Å². The first-order chi connectivity index (χ1) is 10.2. The number of hydrazine groups is 1. The van der Waals surface area contributed by atoms with Gasteiger partial charge < -0.3 is 10.1 Å². The van der Waals surface area contributed by atoms with Crippen molar-refractivity contribution in [3.05, 3.63) is 38.4 Å². The largest absolute Gasteiger partial charge is 0.493 e. The Labute approximate surface area is 138 Å². The molecule has 0 atom stereocenters. The zero-order valence-corrected chi connectivity index (χ0v) is 14.2. The molecule has 0 bridgehead atoms. The Bertz CT molecular complexity index is 680. The summed E-state index contributed by atoms with van der Waals surface area (Å²) < 4.78 is 7.53. The molecule has 2 aromatic rings. The third kappa shape index (κ3) is 3.12. The first kappa shape index (κ1) is 14.6. The Hall–Kier alpha value is -1.38. The molecule has 1 aromatic heterocycles. The number of fused-ring (bicyclic) bond motifs is 1. The van der Waals surface area contributed by atoms with Crippen molar-refractivity contribution in [3.8, 4) is 5.75 Å². The van der Waals surface area contributed by atoms with E-state index < -0.39 is 0 Å². The van der Waals surface area contributed by atoms with Gasteiger partial charge in [-0.1, -0.05) is 15.9 Å². The number of ether oxygens (including phenoxy) is 1. The van der Waals surface area contributed by atoms with Crippen LogP contribution in [-0.2, 0) is 13.0 Å². The van der Waals surface area contributed by atoms with Crippen molar-refractivity contribution >= 4 is 43.6 Å². The molecule has 0 unspecified atom stereocenters. The summed E-state index contributed by atoms with van der Waals surface area (Å²) in [6.07, 6.45) is 2.59. The zero-order valence-electron chi connectivity index (χ0n) is 11.0. The maximum Gasteiger partial charge on any atom is 0.239 e. The van der Waals surface area contributed by atoms with Crippen LogP contribution >= 0.6 is 31.9 Å². The summed E-state index contributed by atoms with van der Waals surface area (Å²) >= 11 is 6.95. The highest BCUT2D eigenvalue weighted by Crippen LogP contribution is 2.33. The number of hydrogen-bond donors (Lipinski definition) is 3. The number of nitrogens with two attached hydrogens (primary N) is 1. The quantitative estimate of drug-likeness (QED) is 0.526. The van der Waals surface area contributed by atoms with Gasteiger partial charge in [-0.25, -0.2) is 10.8 Å². The summed E-state index contributed by atoms with van der Waals surface area (Å²) in [5.74, 6) is 7.32. The molecule has 0 saturated heterocycles. The van der Waals surface area contributed by atoms with Crippen molar-refractivity contribution in [2.24, 2.45) is 5.84 Å². The molecule has 0 radical (unpaired) electrons. The lowest BCUT2D eigenvalue weighted by Crippen LogP contribution is -2.12. The number of aromatic nitrogens is 2. The number of rotatable bonds is 4. The van der Waals surface area contributed by atoms with Crippen LogP contribution in [0.25, 0.3) is 0 Å². The average molecular weight is 415 g/mol. The van der Waals surface area contributed by atoms with Gasteiger partial charge in [0.1, 0.15) is 11.6 Å². The highest BCUT2D eigenvalue weighted by atomic mass is 79.9. The molecule has 1 aromatic carbocycles. The Morgan fingerprint density at radius 1 is 1.33 bits per heavy atom. The molecule has 0 aliphatic carbocycles. The molecule has 110 valence electrons. The maximum atomic E-state index is 5.71. The number of nitrogens with one attached hydrogen (secondary N) is 2. The van der Waals surface area contributed by atoms with Crippen LogP contribution < -0.4 is 21.3 Å². The Morgan fingerprint density at radius 3 is 3.00 bits per heavy atom. The van der Waals surface area contributed by atoms with Crippen molar-refractivity contribution in [2.45, 2.75) is 13.0 Å². The lowest BCUT2D eigenvalue weighted by molar-refractivity contribution is 0.354. The number of anilines is 2. The molecule has 1 aliphatic rings. The van der Waals surface area contributed by atoms with E-state index in [1.165, 1.54) is 5.56 Å². The molecule has 0 amide bonds. The van der Waals surface area contributed by atoms with Gasteiger partial charge >= 0.3 is 0 Å². The van der Waals surface area contributed by atoms with Gasteiger partial charge in [0, 0.05) is 29.2 Å². The number of nitrogens with zero attached hydrogens (tertiary/aromatic N) is 2. The van der Waals surface area contributed by atoms with Crippen LogP contribution in [-0.4, -0.2) is 16.6 Å². The van der Waals surface area contributed by atoms with Crippen LogP contribution in [0.4, 0.5) is 11.8 Å². The molecule has 4 N–H and O–H groups in total. The molecule has 3 rings (SSSR count). The monoisotopic (exact) mass is 413 g/mol. The fraction of sp³-hybridized carbons (Fsp3) is 0.231. The van der Waals surface area contributed by atoms with Crippen LogP contribution in [0.2, 0.25) is 0 Å². The van der Waals surface area contributed by atoms with Gasteiger partial charge in [-0.15, -0.1) is 0 Å². The smallest absolute Gasteiger partial charge is 0.239 e. The molecule has 0 spiro atoms. The molecular formula is C13H13Br2N5O. The molecule has 1 aliphatic heterocycles. The summed E-state index contributed by atoms with van der Waals surface area (Å²) in [6.45, 7) is 1.33. The lowest BCUT2D eigenvalue weighted by Gasteiger charge is -2.12. The van der Waals surface area contributed by atoms with Gasteiger partial charge in [-0.3, -0.25) is 5.43 Å². The Morgan fingerprint density at radius 2 is 2.19 bits per heavy atom. The maximum absolute atomic E-state index is 5.71.